The van der Waals surface area contributed by atoms with E-state index in [0.29, 0.717) is 12.5 Å². The lowest BCUT2D eigenvalue weighted by Crippen LogP contribution is -2.47. The number of aliphatic hydroxyl groups excluding tert-OH is 1. The van der Waals surface area contributed by atoms with Gasteiger partial charge in [-0.2, -0.15) is 0 Å². The zero-order valence-corrected chi connectivity index (χ0v) is 7.16. The summed E-state index contributed by atoms with van der Waals surface area (Å²) in [5.41, 5.74) is 5.68. The molecule has 11 heavy (non-hydrogen) atoms. The maximum absolute atomic E-state index is 9.23. The monoisotopic (exact) mass is 159 g/mol. The van der Waals surface area contributed by atoms with E-state index in [9.17, 15) is 5.11 Å². The Labute approximate surface area is 67.5 Å². The van der Waals surface area contributed by atoms with Crippen LogP contribution in [0.4, 0.5) is 0 Å². The number of nitrogens with two attached hydrogens (primary N) is 1. The molecule has 3 N–H and O–H groups in total. The van der Waals surface area contributed by atoms with Crippen molar-refractivity contribution in [2.75, 3.05) is 6.61 Å². The minimum Gasteiger partial charge on any atom is -0.389 e. The fourth-order valence-electron chi connectivity index (χ4n) is 1.30. The quantitative estimate of drug-likeness (QED) is 0.571. The zero-order valence-electron chi connectivity index (χ0n) is 7.16. The number of rotatable bonds is 1. The largest absolute Gasteiger partial charge is 0.389 e. The first-order valence-electron chi connectivity index (χ1n) is 4.16. The highest BCUT2D eigenvalue weighted by molar-refractivity contribution is 4.82. The van der Waals surface area contributed by atoms with E-state index in [-0.39, 0.29) is 12.1 Å². The van der Waals surface area contributed by atoms with Crippen LogP contribution in [-0.2, 0) is 4.74 Å². The highest BCUT2D eigenvalue weighted by Crippen LogP contribution is 2.18. The molecular weight excluding hydrogens is 142 g/mol. The van der Waals surface area contributed by atoms with Gasteiger partial charge in [-0.15, -0.1) is 0 Å². The molecule has 0 aromatic heterocycles. The minimum atomic E-state index is -0.468. The lowest BCUT2D eigenvalue weighted by atomic mass is 9.94. The second-order valence-electron chi connectivity index (χ2n) is 3.58. The first-order valence-corrected chi connectivity index (χ1v) is 4.16. The predicted octanol–water partition coefficient (Wildman–Crippen LogP) is 0.120. The molecule has 3 atom stereocenters. The molecule has 1 heterocycles. The molecule has 0 amide bonds. The van der Waals surface area contributed by atoms with E-state index in [4.69, 9.17) is 10.5 Å². The second kappa shape index (κ2) is 3.52. The van der Waals surface area contributed by atoms with Gasteiger partial charge in [-0.05, 0) is 12.3 Å². The van der Waals surface area contributed by atoms with Crippen LogP contribution in [0.15, 0.2) is 0 Å². The van der Waals surface area contributed by atoms with Gasteiger partial charge in [0.05, 0.1) is 18.8 Å². The van der Waals surface area contributed by atoms with Crippen LogP contribution in [0.1, 0.15) is 20.3 Å². The van der Waals surface area contributed by atoms with Gasteiger partial charge in [0.15, 0.2) is 0 Å². The van der Waals surface area contributed by atoms with Gasteiger partial charge in [0.1, 0.15) is 0 Å². The Hall–Kier alpha value is -0.120. The average molecular weight is 159 g/mol. The van der Waals surface area contributed by atoms with Gasteiger partial charge in [-0.25, -0.2) is 0 Å². The Balaban J connectivity index is 2.40. The number of ether oxygens (including phenoxy) is 1. The van der Waals surface area contributed by atoms with Gasteiger partial charge in [-0.1, -0.05) is 13.8 Å². The molecule has 0 aromatic carbocycles. The van der Waals surface area contributed by atoms with Crippen LogP contribution in [0.25, 0.3) is 0 Å². The van der Waals surface area contributed by atoms with E-state index < -0.39 is 6.10 Å². The van der Waals surface area contributed by atoms with Gasteiger partial charge >= 0.3 is 0 Å². The molecule has 3 heteroatoms. The summed E-state index contributed by atoms with van der Waals surface area (Å²) in [6.07, 6.45) is 0.539. The molecular formula is C8H17NO2. The fourth-order valence-corrected chi connectivity index (χ4v) is 1.30. The topological polar surface area (TPSA) is 55.5 Å². The average Bonchev–Trinajstić information content (AvgIpc) is 1.94. The SMILES string of the molecule is CC(C)[C@@H]1C[C@H](N)[C@H](O)CO1. The van der Waals surface area contributed by atoms with Gasteiger partial charge in [0.25, 0.3) is 0 Å². The third-order valence-corrected chi connectivity index (χ3v) is 2.22. The van der Waals surface area contributed by atoms with Gasteiger partial charge in [0.2, 0.25) is 0 Å². The molecule has 3 nitrogen and oxygen atoms in total. The van der Waals surface area contributed by atoms with Gasteiger partial charge < -0.3 is 15.6 Å². The molecule has 1 fully saturated rings. The van der Waals surface area contributed by atoms with Crippen molar-refractivity contribution in [2.45, 2.75) is 38.5 Å². The van der Waals surface area contributed by atoms with Crippen molar-refractivity contribution < 1.29 is 9.84 Å². The molecule has 1 aliphatic heterocycles. The van der Waals surface area contributed by atoms with Crippen molar-refractivity contribution in [3.05, 3.63) is 0 Å². The lowest BCUT2D eigenvalue weighted by Gasteiger charge is -2.33. The maximum Gasteiger partial charge on any atom is 0.0925 e. The van der Waals surface area contributed by atoms with Crippen molar-refractivity contribution in [3.8, 4) is 0 Å². The summed E-state index contributed by atoms with van der Waals surface area (Å²) >= 11 is 0. The molecule has 0 spiro atoms. The van der Waals surface area contributed by atoms with Crippen LogP contribution < -0.4 is 5.73 Å². The van der Waals surface area contributed by atoms with E-state index >= 15 is 0 Å². The molecule has 1 aliphatic rings. The summed E-state index contributed by atoms with van der Waals surface area (Å²) in [6.45, 7) is 4.61. The molecule has 0 radical (unpaired) electrons. The van der Waals surface area contributed by atoms with Crippen LogP contribution in [0.2, 0.25) is 0 Å². The van der Waals surface area contributed by atoms with E-state index in [1.165, 1.54) is 0 Å². The van der Waals surface area contributed by atoms with E-state index in [1.807, 2.05) is 0 Å². The molecule has 1 rings (SSSR count). The minimum absolute atomic E-state index is 0.101. The summed E-state index contributed by atoms with van der Waals surface area (Å²) in [6, 6.07) is -0.101. The first kappa shape index (κ1) is 8.97. The standard InChI is InChI=1S/C8H17NO2/c1-5(2)8-3-6(9)7(10)4-11-8/h5-8,10H,3-4,9H2,1-2H3/t6-,7+,8-/m0/s1. The Morgan fingerprint density at radius 1 is 1.55 bits per heavy atom. The summed E-state index contributed by atoms with van der Waals surface area (Å²) in [4.78, 5) is 0. The third kappa shape index (κ3) is 2.15. The second-order valence-corrected chi connectivity index (χ2v) is 3.58. The Morgan fingerprint density at radius 3 is 2.64 bits per heavy atom. The molecule has 1 saturated heterocycles. The lowest BCUT2D eigenvalue weighted by molar-refractivity contribution is -0.0823. The first-order chi connectivity index (χ1) is 5.11. The summed E-state index contributed by atoms with van der Waals surface area (Å²) in [7, 11) is 0. The van der Waals surface area contributed by atoms with Crippen LogP contribution in [0, 0.1) is 5.92 Å². The molecule has 0 saturated carbocycles. The summed E-state index contributed by atoms with van der Waals surface area (Å²) < 4.78 is 5.39. The molecule has 66 valence electrons. The van der Waals surface area contributed by atoms with E-state index in [0.717, 1.165) is 6.42 Å². The summed E-state index contributed by atoms with van der Waals surface area (Å²) in [5, 5.41) is 9.23. The molecule has 0 unspecified atom stereocenters. The Morgan fingerprint density at radius 2 is 2.18 bits per heavy atom. The van der Waals surface area contributed by atoms with Crippen LogP contribution in [0.3, 0.4) is 0 Å². The van der Waals surface area contributed by atoms with Crippen molar-refractivity contribution in [1.82, 2.24) is 0 Å². The van der Waals surface area contributed by atoms with Crippen molar-refractivity contribution in [3.63, 3.8) is 0 Å². The molecule has 0 bridgehead atoms. The highest BCUT2D eigenvalue weighted by Gasteiger charge is 2.28. The van der Waals surface area contributed by atoms with Crippen LogP contribution in [0.5, 0.6) is 0 Å². The maximum atomic E-state index is 9.23. The van der Waals surface area contributed by atoms with Crippen molar-refractivity contribution in [1.29, 1.82) is 0 Å². The van der Waals surface area contributed by atoms with Gasteiger partial charge in [-0.3, -0.25) is 0 Å². The van der Waals surface area contributed by atoms with Crippen molar-refractivity contribution in [2.24, 2.45) is 11.7 Å². The number of aliphatic hydroxyl groups is 1. The fraction of sp³-hybridized carbons (Fsp3) is 1.00. The van der Waals surface area contributed by atoms with Crippen LogP contribution in [-0.4, -0.2) is 30.0 Å². The van der Waals surface area contributed by atoms with E-state index in [1.54, 1.807) is 0 Å². The number of hydrogen-bond acceptors (Lipinski definition) is 3. The van der Waals surface area contributed by atoms with Crippen LogP contribution >= 0.6 is 0 Å². The van der Waals surface area contributed by atoms with Crippen molar-refractivity contribution >= 4 is 0 Å². The highest BCUT2D eigenvalue weighted by atomic mass is 16.5. The van der Waals surface area contributed by atoms with Gasteiger partial charge in [0, 0.05) is 6.04 Å². The predicted molar refractivity (Wildman–Crippen MR) is 43.2 cm³/mol. The smallest absolute Gasteiger partial charge is 0.0925 e. The Kier molecular flexibility index (Phi) is 2.87. The molecule has 0 aliphatic carbocycles. The normalized spacial score (nSPS) is 39.5. The third-order valence-electron chi connectivity index (χ3n) is 2.22. The number of hydrogen-bond donors (Lipinski definition) is 2. The Bertz CT molecular complexity index is 127. The van der Waals surface area contributed by atoms with E-state index in [2.05, 4.69) is 13.8 Å². The molecule has 0 aromatic rings. The zero-order chi connectivity index (χ0) is 8.43. The summed E-state index contributed by atoms with van der Waals surface area (Å²) in [5.74, 6) is 0.494.